The third kappa shape index (κ3) is 8.20. The van der Waals surface area contributed by atoms with Crippen molar-refractivity contribution in [2.75, 3.05) is 32.6 Å². The Balaban J connectivity index is 0.00000468. The summed E-state index contributed by atoms with van der Waals surface area (Å²) in [6, 6.07) is 28.3. The van der Waals surface area contributed by atoms with Gasteiger partial charge in [-0.2, -0.15) is 0 Å². The van der Waals surface area contributed by atoms with E-state index < -0.39 is 0 Å². The predicted molar refractivity (Wildman–Crippen MR) is 195 cm³/mol. The minimum Gasteiger partial charge on any atom is -0.493 e. The van der Waals surface area contributed by atoms with Crippen molar-refractivity contribution in [1.29, 1.82) is 0 Å². The quantitative estimate of drug-likeness (QED) is 0.244. The fraction of sp³-hybridized carbons (Fsp3) is 0.205. The second-order valence-corrected chi connectivity index (χ2v) is 11.8. The number of ether oxygens (including phenoxy) is 2. The summed E-state index contributed by atoms with van der Waals surface area (Å²) in [5.74, 6) is 1.25. The van der Waals surface area contributed by atoms with Gasteiger partial charge in [0.05, 0.1) is 14.2 Å². The van der Waals surface area contributed by atoms with E-state index in [1.165, 1.54) is 21.3 Å². The molecule has 0 aliphatic carbocycles. The van der Waals surface area contributed by atoms with Gasteiger partial charge in [-0.3, -0.25) is 19.3 Å². The molecule has 4 aromatic carbocycles. The monoisotopic (exact) mass is 678 g/mol. The zero-order chi connectivity index (χ0) is 33.6. The Labute approximate surface area is 290 Å². The molecule has 10 heteroatoms. The fourth-order valence-corrected chi connectivity index (χ4v) is 5.96. The number of H-pyrrole nitrogens is 1. The number of hydrogen-bond donors (Lipinski definition) is 2. The Hall–Kier alpha value is -5.38. The first-order chi connectivity index (χ1) is 23.3. The van der Waals surface area contributed by atoms with Crippen LogP contribution in [0.5, 0.6) is 11.5 Å². The molecule has 2 N–H and O–H groups in total. The van der Waals surface area contributed by atoms with E-state index in [0.717, 1.165) is 49.5 Å². The van der Waals surface area contributed by atoms with Crippen molar-refractivity contribution in [3.8, 4) is 11.5 Å². The summed E-state index contributed by atoms with van der Waals surface area (Å²) in [6.07, 6.45) is 5.11. The number of methoxy groups -OCH3 is 2. The molecule has 0 saturated carbocycles. The maximum Gasteiger partial charge on any atom is 0.274 e. The fourth-order valence-electron chi connectivity index (χ4n) is 5.96. The molecule has 6 rings (SSSR count). The van der Waals surface area contributed by atoms with Gasteiger partial charge in [-0.25, -0.2) is 0 Å². The largest absolute Gasteiger partial charge is 0.493 e. The summed E-state index contributed by atoms with van der Waals surface area (Å²) < 4.78 is 12.3. The van der Waals surface area contributed by atoms with Crippen LogP contribution in [-0.2, 0) is 26.4 Å². The van der Waals surface area contributed by atoms with Crippen LogP contribution in [0.15, 0.2) is 101 Å². The Morgan fingerprint density at radius 3 is 2.27 bits per heavy atom. The molecule has 1 aliphatic rings. The van der Waals surface area contributed by atoms with Crippen LogP contribution < -0.4 is 36.6 Å². The SMILES string of the molecule is COc1cc2c(cc1OC)CN(CCc1ccc(NC(=O)c3cccc(/C=c4\[nH]c(=O)/c(=C/c5ccccc5)n(C)c4=O)c3)cc1)CC2.Cl. The number of fused-ring (bicyclic) bond motifs is 1. The maximum atomic E-state index is 13.1. The Morgan fingerprint density at radius 2 is 1.55 bits per heavy atom. The van der Waals surface area contributed by atoms with Crippen LogP contribution in [0.4, 0.5) is 5.69 Å². The highest BCUT2D eigenvalue weighted by Crippen LogP contribution is 2.33. The minimum atomic E-state index is -0.382. The smallest absolute Gasteiger partial charge is 0.274 e. The molecule has 9 nitrogen and oxygen atoms in total. The second kappa shape index (κ2) is 15.7. The Bertz CT molecular complexity index is 2190. The lowest BCUT2D eigenvalue weighted by molar-refractivity contribution is 0.102. The summed E-state index contributed by atoms with van der Waals surface area (Å²) in [5, 5.41) is 3.35. The predicted octanol–water partition coefficient (Wildman–Crippen LogP) is 4.02. The van der Waals surface area contributed by atoms with Crippen LogP contribution in [0.25, 0.3) is 12.2 Å². The molecule has 252 valence electrons. The number of anilines is 1. The Morgan fingerprint density at radius 1 is 0.857 bits per heavy atom. The van der Waals surface area contributed by atoms with E-state index in [4.69, 9.17) is 9.47 Å². The van der Waals surface area contributed by atoms with Gasteiger partial charge in [0, 0.05) is 37.9 Å². The van der Waals surface area contributed by atoms with Gasteiger partial charge in [0.2, 0.25) is 0 Å². The third-order valence-electron chi connectivity index (χ3n) is 8.67. The third-order valence-corrected chi connectivity index (χ3v) is 8.67. The molecule has 5 aromatic rings. The van der Waals surface area contributed by atoms with Crippen LogP contribution in [0.3, 0.4) is 0 Å². The zero-order valence-electron chi connectivity index (χ0n) is 27.7. The van der Waals surface area contributed by atoms with Crippen LogP contribution in [0, 0.1) is 0 Å². The van der Waals surface area contributed by atoms with E-state index in [9.17, 15) is 14.4 Å². The van der Waals surface area contributed by atoms with E-state index in [0.29, 0.717) is 16.8 Å². The van der Waals surface area contributed by atoms with Gasteiger partial charge in [0.1, 0.15) is 10.7 Å². The molecule has 1 aliphatic heterocycles. The standard InChI is InChI=1S/C39H38N4O5.ClH/c1-42-34(22-27-8-5-4-6-9-27)38(45)41-33(39(42)46)21-28-10-7-11-30(20-28)37(44)40-32-14-12-26(13-15-32)16-18-43-19-17-29-23-35(47-2)36(48-3)24-31(29)25-43;/h4-15,20-24H,16-19,25H2,1-3H3,(H,40,44)(H,41,45);1H/b33-21-,34-22-;. The molecule has 1 aromatic heterocycles. The normalized spacial score (nSPS) is 13.4. The first kappa shape index (κ1) is 34.9. The van der Waals surface area contributed by atoms with E-state index in [1.54, 1.807) is 57.7 Å². The molecule has 49 heavy (non-hydrogen) atoms. The van der Waals surface area contributed by atoms with Gasteiger partial charge < -0.3 is 24.3 Å². The molecule has 0 atom stereocenters. The van der Waals surface area contributed by atoms with E-state index >= 15 is 0 Å². The highest BCUT2D eigenvalue weighted by Gasteiger charge is 2.19. The molecule has 1 amide bonds. The van der Waals surface area contributed by atoms with Gasteiger partial charge in [0.25, 0.3) is 17.0 Å². The van der Waals surface area contributed by atoms with Crippen molar-refractivity contribution >= 4 is 36.2 Å². The van der Waals surface area contributed by atoms with Crippen molar-refractivity contribution in [1.82, 2.24) is 14.5 Å². The number of carbonyl (C=O) groups is 1. The van der Waals surface area contributed by atoms with Crippen LogP contribution in [0.1, 0.15) is 38.2 Å². The first-order valence-electron chi connectivity index (χ1n) is 15.9. The summed E-state index contributed by atoms with van der Waals surface area (Å²) in [5.41, 5.74) is 5.58. The van der Waals surface area contributed by atoms with Crippen LogP contribution in [0.2, 0.25) is 0 Å². The van der Waals surface area contributed by atoms with Crippen molar-refractivity contribution in [3.63, 3.8) is 0 Å². The highest BCUT2D eigenvalue weighted by molar-refractivity contribution is 6.04. The second-order valence-electron chi connectivity index (χ2n) is 11.8. The summed E-state index contributed by atoms with van der Waals surface area (Å²) in [4.78, 5) is 44.3. The molecule has 0 spiro atoms. The molecular formula is C39H39ClN4O5. The number of benzene rings is 4. The number of aromatic nitrogens is 2. The lowest BCUT2D eigenvalue weighted by Crippen LogP contribution is -2.52. The lowest BCUT2D eigenvalue weighted by atomic mass is 9.98. The van der Waals surface area contributed by atoms with Crippen molar-refractivity contribution < 1.29 is 14.3 Å². The molecule has 0 fully saturated rings. The Kier molecular flexibility index (Phi) is 11.2. The highest BCUT2D eigenvalue weighted by atomic mass is 35.5. The van der Waals surface area contributed by atoms with Gasteiger partial charge in [0.15, 0.2) is 11.5 Å². The molecule has 0 radical (unpaired) electrons. The number of halogens is 1. The van der Waals surface area contributed by atoms with Crippen molar-refractivity contribution in [2.24, 2.45) is 7.05 Å². The molecule has 0 unspecified atom stereocenters. The first-order valence-corrected chi connectivity index (χ1v) is 15.9. The van der Waals surface area contributed by atoms with Gasteiger partial charge >= 0.3 is 0 Å². The summed E-state index contributed by atoms with van der Waals surface area (Å²) >= 11 is 0. The van der Waals surface area contributed by atoms with Crippen LogP contribution >= 0.6 is 12.4 Å². The molecule has 0 saturated heterocycles. The summed E-state index contributed by atoms with van der Waals surface area (Å²) in [6.45, 7) is 2.77. The number of nitrogens with one attached hydrogen (secondary N) is 2. The average Bonchev–Trinajstić information content (AvgIpc) is 3.11. The summed E-state index contributed by atoms with van der Waals surface area (Å²) in [7, 11) is 4.89. The maximum absolute atomic E-state index is 13.1. The van der Waals surface area contributed by atoms with Gasteiger partial charge in [-0.05, 0) is 89.2 Å². The molecule has 0 bridgehead atoms. The van der Waals surface area contributed by atoms with Crippen LogP contribution in [-0.4, -0.2) is 47.7 Å². The van der Waals surface area contributed by atoms with E-state index in [1.807, 2.05) is 54.6 Å². The number of aromatic amines is 1. The number of amides is 1. The van der Waals surface area contributed by atoms with Crippen molar-refractivity contribution in [2.45, 2.75) is 19.4 Å². The number of hydrogen-bond acceptors (Lipinski definition) is 6. The average molecular weight is 679 g/mol. The topological polar surface area (TPSA) is 106 Å². The van der Waals surface area contributed by atoms with Gasteiger partial charge in [-0.1, -0.05) is 54.6 Å². The molecular weight excluding hydrogens is 640 g/mol. The van der Waals surface area contributed by atoms with Crippen molar-refractivity contribution in [3.05, 3.63) is 156 Å². The van der Waals surface area contributed by atoms with E-state index in [-0.39, 0.29) is 40.1 Å². The number of rotatable bonds is 9. The number of carbonyl (C=O) groups excluding carboxylic acids is 1. The lowest BCUT2D eigenvalue weighted by Gasteiger charge is -2.29. The number of nitrogens with zero attached hydrogens (tertiary/aromatic N) is 2. The minimum absolute atomic E-state index is 0. The van der Waals surface area contributed by atoms with E-state index in [2.05, 4.69) is 27.3 Å². The van der Waals surface area contributed by atoms with Gasteiger partial charge in [-0.15, -0.1) is 12.4 Å². The molecule has 2 heterocycles. The zero-order valence-corrected chi connectivity index (χ0v) is 28.5.